The van der Waals surface area contributed by atoms with Crippen molar-refractivity contribution >= 4 is 11.0 Å². The Morgan fingerprint density at radius 1 is 1.41 bits per heavy atom. The molecule has 0 spiro atoms. The summed E-state index contributed by atoms with van der Waals surface area (Å²) in [6, 6.07) is 6.38. The predicted octanol–water partition coefficient (Wildman–Crippen LogP) is 1.51. The monoisotopic (exact) mass is 231 g/mol. The van der Waals surface area contributed by atoms with Gasteiger partial charge in [-0.25, -0.2) is 4.79 Å². The third-order valence-electron chi connectivity index (χ3n) is 3.69. The summed E-state index contributed by atoms with van der Waals surface area (Å²) in [4.78, 5) is 17.3. The topological polar surface area (TPSA) is 41.0 Å². The summed E-state index contributed by atoms with van der Waals surface area (Å²) in [5, 5.41) is 0. The Morgan fingerprint density at radius 3 is 2.94 bits per heavy atom. The average molecular weight is 231 g/mol. The first-order valence-corrected chi connectivity index (χ1v) is 6.05. The summed E-state index contributed by atoms with van der Waals surface area (Å²) in [6.45, 7) is 4.06. The van der Waals surface area contributed by atoms with Gasteiger partial charge in [-0.3, -0.25) is 4.57 Å². The fourth-order valence-electron chi connectivity index (χ4n) is 2.78. The zero-order valence-electron chi connectivity index (χ0n) is 10.2. The average Bonchev–Trinajstić information content (AvgIpc) is 2.82. The normalized spacial score (nSPS) is 21.4. The number of likely N-dealkylation sites (N-methyl/N-ethyl adjacent to an activating group) is 1. The van der Waals surface area contributed by atoms with Gasteiger partial charge < -0.3 is 9.88 Å². The molecule has 0 saturated carbocycles. The third-order valence-corrected chi connectivity index (χ3v) is 3.69. The molecule has 1 unspecified atom stereocenters. The first-order chi connectivity index (χ1) is 8.16. The lowest BCUT2D eigenvalue weighted by Gasteiger charge is -2.12. The highest BCUT2D eigenvalue weighted by Gasteiger charge is 2.24. The van der Waals surface area contributed by atoms with E-state index in [0.717, 1.165) is 36.1 Å². The van der Waals surface area contributed by atoms with E-state index in [0.29, 0.717) is 6.04 Å². The zero-order valence-corrected chi connectivity index (χ0v) is 10.2. The molecule has 2 aromatic rings. The van der Waals surface area contributed by atoms with Crippen molar-refractivity contribution in [2.45, 2.75) is 19.4 Å². The van der Waals surface area contributed by atoms with Crippen LogP contribution in [0, 0.1) is 6.92 Å². The number of aromatic amines is 1. The number of likely N-dealkylation sites (tertiary alicyclic amines) is 1. The molecule has 90 valence electrons. The van der Waals surface area contributed by atoms with E-state index < -0.39 is 0 Å². The Bertz CT molecular complexity index is 611. The molecule has 1 N–H and O–H groups in total. The molecule has 17 heavy (non-hydrogen) atoms. The van der Waals surface area contributed by atoms with Crippen LogP contribution in [-0.4, -0.2) is 34.6 Å². The molecule has 1 saturated heterocycles. The number of benzene rings is 1. The van der Waals surface area contributed by atoms with Gasteiger partial charge in [0.2, 0.25) is 0 Å². The number of imidazole rings is 1. The number of hydrogen-bond donors (Lipinski definition) is 1. The van der Waals surface area contributed by atoms with E-state index in [2.05, 4.69) is 16.9 Å². The van der Waals surface area contributed by atoms with Gasteiger partial charge >= 0.3 is 5.69 Å². The number of para-hydroxylation sites is 1. The number of fused-ring (bicyclic) bond motifs is 1. The number of hydrogen-bond acceptors (Lipinski definition) is 2. The van der Waals surface area contributed by atoms with E-state index in [1.54, 1.807) is 0 Å². The second kappa shape index (κ2) is 3.74. The van der Waals surface area contributed by atoms with E-state index in [1.165, 1.54) is 0 Å². The first kappa shape index (κ1) is 10.6. The van der Waals surface area contributed by atoms with Gasteiger partial charge in [0.1, 0.15) is 0 Å². The van der Waals surface area contributed by atoms with Crippen LogP contribution in [0.4, 0.5) is 0 Å². The molecule has 0 amide bonds. The summed E-state index contributed by atoms with van der Waals surface area (Å²) in [5.74, 6) is 0. The molecule has 2 heterocycles. The summed E-state index contributed by atoms with van der Waals surface area (Å²) >= 11 is 0. The second-order valence-electron chi connectivity index (χ2n) is 4.97. The van der Waals surface area contributed by atoms with Crippen LogP contribution in [0.25, 0.3) is 11.0 Å². The maximum atomic E-state index is 12.1. The molecule has 0 radical (unpaired) electrons. The van der Waals surface area contributed by atoms with Crippen molar-refractivity contribution in [3.8, 4) is 0 Å². The van der Waals surface area contributed by atoms with E-state index >= 15 is 0 Å². The van der Waals surface area contributed by atoms with Gasteiger partial charge in [0.25, 0.3) is 0 Å². The molecule has 1 aliphatic rings. The van der Waals surface area contributed by atoms with Crippen LogP contribution in [0.5, 0.6) is 0 Å². The molecular formula is C13H17N3O. The van der Waals surface area contributed by atoms with Crippen molar-refractivity contribution in [1.29, 1.82) is 0 Å². The predicted molar refractivity (Wildman–Crippen MR) is 68.4 cm³/mol. The van der Waals surface area contributed by atoms with E-state index in [4.69, 9.17) is 0 Å². The molecule has 0 bridgehead atoms. The Balaban J connectivity index is 2.19. The minimum Gasteiger partial charge on any atom is -0.305 e. The van der Waals surface area contributed by atoms with Gasteiger partial charge in [-0.2, -0.15) is 0 Å². The molecule has 4 heteroatoms. The highest BCUT2D eigenvalue weighted by molar-refractivity contribution is 5.78. The molecule has 3 rings (SSSR count). The summed E-state index contributed by atoms with van der Waals surface area (Å²) in [6.07, 6.45) is 1.05. The summed E-state index contributed by atoms with van der Waals surface area (Å²) in [7, 11) is 2.10. The first-order valence-electron chi connectivity index (χ1n) is 6.05. The Morgan fingerprint density at radius 2 is 2.24 bits per heavy atom. The van der Waals surface area contributed by atoms with E-state index in [-0.39, 0.29) is 5.69 Å². The van der Waals surface area contributed by atoms with Crippen LogP contribution in [-0.2, 0) is 0 Å². The highest BCUT2D eigenvalue weighted by atomic mass is 16.1. The van der Waals surface area contributed by atoms with Crippen LogP contribution < -0.4 is 5.69 Å². The Kier molecular flexibility index (Phi) is 2.33. The van der Waals surface area contributed by atoms with Crippen LogP contribution in [0.3, 0.4) is 0 Å². The second-order valence-corrected chi connectivity index (χ2v) is 4.97. The fraction of sp³-hybridized carbons (Fsp3) is 0.462. The van der Waals surface area contributed by atoms with Crippen molar-refractivity contribution in [3.63, 3.8) is 0 Å². The van der Waals surface area contributed by atoms with Crippen LogP contribution in [0.15, 0.2) is 23.0 Å². The van der Waals surface area contributed by atoms with Gasteiger partial charge in [-0.1, -0.05) is 12.1 Å². The Labute approximate surface area is 99.9 Å². The lowest BCUT2D eigenvalue weighted by molar-refractivity contribution is 0.392. The molecule has 1 aromatic heterocycles. The van der Waals surface area contributed by atoms with Gasteiger partial charge in [0.05, 0.1) is 17.1 Å². The minimum atomic E-state index is 0.0228. The maximum absolute atomic E-state index is 12.1. The largest absolute Gasteiger partial charge is 0.326 e. The number of nitrogens with one attached hydrogen (secondary N) is 1. The van der Waals surface area contributed by atoms with Crippen molar-refractivity contribution in [2.75, 3.05) is 20.1 Å². The summed E-state index contributed by atoms with van der Waals surface area (Å²) in [5.41, 5.74) is 3.17. The summed E-state index contributed by atoms with van der Waals surface area (Å²) < 4.78 is 1.92. The van der Waals surface area contributed by atoms with Gasteiger partial charge in [0.15, 0.2) is 0 Å². The zero-order chi connectivity index (χ0) is 12.0. The number of nitrogens with zero attached hydrogens (tertiary/aromatic N) is 2. The highest BCUT2D eigenvalue weighted by Crippen LogP contribution is 2.24. The molecule has 0 aliphatic carbocycles. The molecule has 1 fully saturated rings. The number of rotatable bonds is 1. The number of aryl methyl sites for hydroxylation is 1. The smallest absolute Gasteiger partial charge is 0.305 e. The van der Waals surface area contributed by atoms with Gasteiger partial charge in [-0.15, -0.1) is 0 Å². The van der Waals surface area contributed by atoms with Crippen molar-refractivity contribution < 1.29 is 0 Å². The SMILES string of the molecule is Cc1cccc2c1[nH]c(=O)n2C1CCN(C)C1. The van der Waals surface area contributed by atoms with Gasteiger partial charge in [0, 0.05) is 6.54 Å². The fourth-order valence-corrected chi connectivity index (χ4v) is 2.78. The maximum Gasteiger partial charge on any atom is 0.326 e. The molecule has 4 nitrogen and oxygen atoms in total. The van der Waals surface area contributed by atoms with Crippen LogP contribution in [0.1, 0.15) is 18.0 Å². The van der Waals surface area contributed by atoms with Crippen molar-refractivity contribution in [1.82, 2.24) is 14.5 Å². The number of H-pyrrole nitrogens is 1. The lowest BCUT2D eigenvalue weighted by atomic mass is 10.2. The lowest BCUT2D eigenvalue weighted by Crippen LogP contribution is -2.24. The molecule has 1 aliphatic heterocycles. The molecular weight excluding hydrogens is 214 g/mol. The van der Waals surface area contributed by atoms with E-state index in [1.807, 2.05) is 29.7 Å². The van der Waals surface area contributed by atoms with Crippen LogP contribution in [0.2, 0.25) is 0 Å². The standard InChI is InChI=1S/C13H17N3O/c1-9-4-3-5-11-12(9)14-13(17)16(11)10-6-7-15(2)8-10/h3-5,10H,6-8H2,1-2H3,(H,14,17). The van der Waals surface area contributed by atoms with E-state index in [9.17, 15) is 4.79 Å². The van der Waals surface area contributed by atoms with Crippen molar-refractivity contribution in [2.24, 2.45) is 0 Å². The number of aromatic nitrogens is 2. The third kappa shape index (κ3) is 1.60. The molecule has 1 atom stereocenters. The van der Waals surface area contributed by atoms with Crippen molar-refractivity contribution in [3.05, 3.63) is 34.2 Å². The van der Waals surface area contributed by atoms with Crippen LogP contribution >= 0.6 is 0 Å². The Hall–Kier alpha value is -1.55. The minimum absolute atomic E-state index is 0.0228. The molecule has 1 aromatic carbocycles. The quantitative estimate of drug-likeness (QED) is 0.808. The van der Waals surface area contributed by atoms with Gasteiger partial charge in [-0.05, 0) is 38.6 Å².